The predicted octanol–water partition coefficient (Wildman–Crippen LogP) is 1.90. The Balaban J connectivity index is 0.00000144. The number of halogens is 1. The Morgan fingerprint density at radius 3 is 2.06 bits per heavy atom. The molecular weight excluding hydrogens is 236 g/mol. The van der Waals surface area contributed by atoms with E-state index in [2.05, 4.69) is 13.8 Å². The molecule has 2 unspecified atom stereocenters. The van der Waals surface area contributed by atoms with Crippen LogP contribution in [0.15, 0.2) is 0 Å². The molecule has 2 aliphatic rings. The summed E-state index contributed by atoms with van der Waals surface area (Å²) in [6.07, 6.45) is 0. The molecule has 2 N–H and O–H groups in total. The van der Waals surface area contributed by atoms with E-state index >= 15 is 0 Å². The fourth-order valence-corrected chi connectivity index (χ4v) is 2.88. The maximum atomic E-state index is 12.2. The molecule has 0 spiro atoms. The lowest BCUT2D eigenvalue weighted by Crippen LogP contribution is -2.50. The molecular formula is C13H25ClN2O. The van der Waals surface area contributed by atoms with Crippen LogP contribution in [0.25, 0.3) is 0 Å². The molecule has 1 heterocycles. The molecule has 100 valence electrons. The van der Waals surface area contributed by atoms with Crippen molar-refractivity contribution < 1.29 is 4.79 Å². The van der Waals surface area contributed by atoms with Gasteiger partial charge in [0.25, 0.3) is 0 Å². The molecule has 0 aromatic rings. The van der Waals surface area contributed by atoms with Gasteiger partial charge >= 0.3 is 0 Å². The third-order valence-corrected chi connectivity index (χ3v) is 4.63. The van der Waals surface area contributed by atoms with Crippen molar-refractivity contribution in [1.82, 2.24) is 4.90 Å². The monoisotopic (exact) mass is 260 g/mol. The van der Waals surface area contributed by atoms with Crippen molar-refractivity contribution in [3.8, 4) is 0 Å². The van der Waals surface area contributed by atoms with E-state index in [1.807, 2.05) is 25.7 Å². The zero-order valence-corrected chi connectivity index (χ0v) is 12.3. The highest BCUT2D eigenvalue weighted by molar-refractivity contribution is 5.85. The smallest absolute Gasteiger partial charge is 0.240 e. The van der Waals surface area contributed by atoms with Crippen LogP contribution in [0.1, 0.15) is 34.6 Å². The Morgan fingerprint density at radius 2 is 1.71 bits per heavy atom. The van der Waals surface area contributed by atoms with Gasteiger partial charge in [0.15, 0.2) is 0 Å². The Bertz CT molecular complexity index is 308. The lowest BCUT2D eigenvalue weighted by Gasteiger charge is -2.31. The molecule has 0 radical (unpaired) electrons. The van der Waals surface area contributed by atoms with Gasteiger partial charge in [-0.1, -0.05) is 34.6 Å². The predicted molar refractivity (Wildman–Crippen MR) is 72.0 cm³/mol. The molecule has 1 aliphatic heterocycles. The normalized spacial score (nSPS) is 31.5. The molecule has 1 saturated carbocycles. The van der Waals surface area contributed by atoms with E-state index in [1.54, 1.807) is 0 Å². The molecule has 1 amide bonds. The Hall–Kier alpha value is -0.280. The van der Waals surface area contributed by atoms with Crippen LogP contribution in [0.3, 0.4) is 0 Å². The van der Waals surface area contributed by atoms with E-state index in [1.165, 1.54) is 0 Å². The van der Waals surface area contributed by atoms with Crippen molar-refractivity contribution in [1.29, 1.82) is 0 Å². The van der Waals surface area contributed by atoms with Crippen LogP contribution in [0.4, 0.5) is 0 Å². The topological polar surface area (TPSA) is 46.3 Å². The molecule has 2 fully saturated rings. The second-order valence-corrected chi connectivity index (χ2v) is 7.12. The highest BCUT2D eigenvalue weighted by atomic mass is 35.5. The van der Waals surface area contributed by atoms with E-state index in [4.69, 9.17) is 5.73 Å². The average Bonchev–Trinajstić information content (AvgIpc) is 2.57. The molecule has 3 nitrogen and oxygen atoms in total. The molecule has 0 aromatic carbocycles. The lowest BCUT2D eigenvalue weighted by atomic mass is 9.86. The molecule has 1 aliphatic carbocycles. The van der Waals surface area contributed by atoms with Crippen LogP contribution in [-0.2, 0) is 4.79 Å². The summed E-state index contributed by atoms with van der Waals surface area (Å²) in [7, 11) is 0. The summed E-state index contributed by atoms with van der Waals surface area (Å²) in [4.78, 5) is 14.1. The minimum Gasteiger partial charge on any atom is -0.341 e. The highest BCUT2D eigenvalue weighted by Crippen LogP contribution is 2.62. The van der Waals surface area contributed by atoms with Crippen LogP contribution in [-0.4, -0.2) is 29.9 Å². The number of rotatable bonds is 1. The number of piperidine rings is 1. The van der Waals surface area contributed by atoms with Crippen LogP contribution in [0.2, 0.25) is 0 Å². The summed E-state index contributed by atoms with van der Waals surface area (Å²) in [6.45, 7) is 12.5. The Kier molecular flexibility index (Phi) is 3.59. The van der Waals surface area contributed by atoms with Gasteiger partial charge in [-0.25, -0.2) is 0 Å². The zero-order valence-electron chi connectivity index (χ0n) is 11.5. The molecule has 2 rings (SSSR count). The minimum atomic E-state index is -0.367. The van der Waals surface area contributed by atoms with Gasteiger partial charge in [-0.05, 0) is 22.7 Å². The van der Waals surface area contributed by atoms with Gasteiger partial charge < -0.3 is 10.6 Å². The molecule has 3 atom stereocenters. The van der Waals surface area contributed by atoms with Crippen molar-refractivity contribution in [2.75, 3.05) is 13.1 Å². The number of carbonyl (C=O) groups excluding carboxylic acids is 1. The summed E-state index contributed by atoms with van der Waals surface area (Å²) in [5, 5.41) is 0. The largest absolute Gasteiger partial charge is 0.341 e. The van der Waals surface area contributed by atoms with E-state index in [0.717, 1.165) is 13.1 Å². The van der Waals surface area contributed by atoms with Crippen molar-refractivity contribution in [2.24, 2.45) is 28.4 Å². The number of nitrogens with two attached hydrogens (primary N) is 1. The highest BCUT2D eigenvalue weighted by Gasteiger charge is 2.62. The molecule has 0 bridgehead atoms. The SMILES string of the molecule is CC1(C)C2CN(C(=O)[C@@H](N)C(C)(C)C)CC21.Cl. The Labute approximate surface area is 111 Å². The maximum absolute atomic E-state index is 12.2. The van der Waals surface area contributed by atoms with Gasteiger partial charge in [-0.15, -0.1) is 12.4 Å². The second-order valence-electron chi connectivity index (χ2n) is 7.12. The quantitative estimate of drug-likeness (QED) is 0.783. The summed E-state index contributed by atoms with van der Waals surface area (Å²) >= 11 is 0. The van der Waals surface area contributed by atoms with Crippen molar-refractivity contribution in [2.45, 2.75) is 40.7 Å². The number of amides is 1. The number of likely N-dealkylation sites (tertiary alicyclic amines) is 1. The number of carbonyl (C=O) groups is 1. The number of fused-ring (bicyclic) bond motifs is 1. The molecule has 0 aromatic heterocycles. The molecule has 1 saturated heterocycles. The van der Waals surface area contributed by atoms with Gasteiger partial charge in [0, 0.05) is 13.1 Å². The van der Waals surface area contributed by atoms with Crippen molar-refractivity contribution in [3.05, 3.63) is 0 Å². The van der Waals surface area contributed by atoms with Crippen LogP contribution in [0.5, 0.6) is 0 Å². The van der Waals surface area contributed by atoms with Crippen LogP contribution < -0.4 is 5.73 Å². The van der Waals surface area contributed by atoms with Crippen LogP contribution in [0, 0.1) is 22.7 Å². The molecule has 4 heteroatoms. The van der Waals surface area contributed by atoms with E-state index in [-0.39, 0.29) is 29.8 Å². The van der Waals surface area contributed by atoms with E-state index < -0.39 is 0 Å². The van der Waals surface area contributed by atoms with Crippen molar-refractivity contribution >= 4 is 18.3 Å². The maximum Gasteiger partial charge on any atom is 0.240 e. The lowest BCUT2D eigenvalue weighted by molar-refractivity contribution is -0.134. The zero-order chi connectivity index (χ0) is 12.3. The minimum absolute atomic E-state index is 0. The number of nitrogens with zero attached hydrogens (tertiary/aromatic N) is 1. The van der Waals surface area contributed by atoms with Gasteiger partial charge in [-0.3, -0.25) is 4.79 Å². The standard InChI is InChI=1S/C13H24N2O.ClH/c1-12(2,3)10(14)11(16)15-6-8-9(7-15)13(8,4)5;/h8-10H,6-7,14H2,1-5H3;1H/t8?,9?,10-;/m1./s1. The Morgan fingerprint density at radius 1 is 1.29 bits per heavy atom. The van der Waals surface area contributed by atoms with Gasteiger partial charge in [0.05, 0.1) is 6.04 Å². The first-order valence-corrected chi connectivity index (χ1v) is 6.20. The van der Waals surface area contributed by atoms with Crippen molar-refractivity contribution in [3.63, 3.8) is 0 Å². The number of hydrogen-bond donors (Lipinski definition) is 1. The summed E-state index contributed by atoms with van der Waals surface area (Å²) in [5.74, 6) is 1.56. The third kappa shape index (κ3) is 2.32. The summed E-state index contributed by atoms with van der Waals surface area (Å²) < 4.78 is 0. The van der Waals surface area contributed by atoms with E-state index in [9.17, 15) is 4.79 Å². The summed E-state index contributed by atoms with van der Waals surface area (Å²) in [6, 6.07) is -0.367. The first-order chi connectivity index (χ1) is 7.15. The third-order valence-electron chi connectivity index (χ3n) is 4.63. The van der Waals surface area contributed by atoms with Gasteiger partial charge in [-0.2, -0.15) is 0 Å². The molecule has 17 heavy (non-hydrogen) atoms. The van der Waals surface area contributed by atoms with Crippen LogP contribution >= 0.6 is 12.4 Å². The summed E-state index contributed by atoms with van der Waals surface area (Å²) in [5.41, 5.74) is 6.33. The average molecular weight is 261 g/mol. The van der Waals surface area contributed by atoms with E-state index in [0.29, 0.717) is 17.3 Å². The van der Waals surface area contributed by atoms with Gasteiger partial charge in [0.2, 0.25) is 5.91 Å². The fraction of sp³-hybridized carbons (Fsp3) is 0.923. The first-order valence-electron chi connectivity index (χ1n) is 6.20. The first kappa shape index (κ1) is 14.8. The second kappa shape index (κ2) is 4.13. The fourth-order valence-electron chi connectivity index (χ4n) is 2.88. The number of hydrogen-bond acceptors (Lipinski definition) is 2. The van der Waals surface area contributed by atoms with Gasteiger partial charge in [0.1, 0.15) is 0 Å².